The number of fused-ring (bicyclic) bond motifs is 2. The lowest BCUT2D eigenvalue weighted by atomic mass is 9.80. The molecule has 4 aliphatic rings. The van der Waals surface area contributed by atoms with Crippen molar-refractivity contribution in [3.63, 3.8) is 0 Å². The van der Waals surface area contributed by atoms with Crippen LogP contribution in [0.25, 0.3) is 0 Å². The predicted molar refractivity (Wildman–Crippen MR) is 244 cm³/mol. The summed E-state index contributed by atoms with van der Waals surface area (Å²) >= 11 is 0. The van der Waals surface area contributed by atoms with E-state index in [4.69, 9.17) is 18.9 Å². The summed E-state index contributed by atoms with van der Waals surface area (Å²) in [6.07, 6.45) is 6.25. The Bertz CT molecular complexity index is 2250. The van der Waals surface area contributed by atoms with Crippen molar-refractivity contribution < 1.29 is 77.0 Å². The third kappa shape index (κ3) is 11.5. The highest BCUT2D eigenvalue weighted by atomic mass is 79.9. The number of rotatable bonds is 13. The van der Waals surface area contributed by atoms with E-state index in [9.17, 15) is 14.7 Å². The lowest BCUT2D eigenvalue weighted by Crippen LogP contribution is -3.16. The van der Waals surface area contributed by atoms with E-state index in [0.29, 0.717) is 12.2 Å². The van der Waals surface area contributed by atoms with Crippen molar-refractivity contribution in [1.29, 1.82) is 0 Å². The van der Waals surface area contributed by atoms with Gasteiger partial charge in [0.25, 0.3) is 0 Å². The van der Waals surface area contributed by atoms with Gasteiger partial charge in [0.1, 0.15) is 41.8 Å². The Kier molecular flexibility index (Phi) is 17.1. The number of ether oxygens (including phenoxy) is 4. The number of hydrogen-bond acceptors (Lipinski definition) is 7. The van der Waals surface area contributed by atoms with E-state index in [2.05, 4.69) is 45.2 Å². The van der Waals surface area contributed by atoms with Gasteiger partial charge >= 0.3 is 11.9 Å². The minimum absolute atomic E-state index is 0. The van der Waals surface area contributed by atoms with Crippen LogP contribution in [0.3, 0.4) is 0 Å². The summed E-state index contributed by atoms with van der Waals surface area (Å²) in [4.78, 5) is 28.2. The Hall–Kier alpha value is -4.52. The van der Waals surface area contributed by atoms with E-state index >= 15 is 0 Å². The van der Waals surface area contributed by atoms with Gasteiger partial charge in [-0.3, -0.25) is 4.79 Å². The molecule has 2 unspecified atom stereocenters. The van der Waals surface area contributed by atoms with Crippen LogP contribution >= 0.6 is 0 Å². The van der Waals surface area contributed by atoms with Gasteiger partial charge in [0, 0.05) is 41.9 Å². The van der Waals surface area contributed by atoms with Gasteiger partial charge in [-0.1, -0.05) is 128 Å². The first-order valence-electron chi connectivity index (χ1n) is 23.0. The van der Waals surface area contributed by atoms with Crippen LogP contribution < -0.4 is 48.3 Å². The Morgan fingerprint density at radius 2 is 1.26 bits per heavy atom. The van der Waals surface area contributed by atoms with E-state index in [0.717, 1.165) is 111 Å². The minimum Gasteiger partial charge on any atom is -1.00 e. The average molecular weight is 1010 g/mol. The number of aliphatic hydroxyl groups is 1. The van der Waals surface area contributed by atoms with Crippen LogP contribution in [-0.4, -0.2) is 80.1 Å². The summed E-state index contributed by atoms with van der Waals surface area (Å²) in [5, 5.41) is 11.6. The first kappa shape index (κ1) is 49.9. The molecule has 0 spiro atoms. The minimum atomic E-state index is -1.55. The topological polar surface area (TPSA) is 95.7 Å². The first-order valence-corrected chi connectivity index (χ1v) is 23.0. The molecule has 0 amide bonds. The molecular weight excluding hydrogens is 948 g/mol. The van der Waals surface area contributed by atoms with Gasteiger partial charge in [-0.05, 0) is 56.5 Å². The second-order valence-corrected chi connectivity index (χ2v) is 18.7. The molecule has 3 heterocycles. The van der Waals surface area contributed by atoms with Gasteiger partial charge in [-0.25, -0.2) is 4.79 Å². The number of likely N-dealkylation sites (tertiary alicyclic amines) is 2. The molecule has 9 nitrogen and oxygen atoms in total. The standard InChI is InChI=1S/C27H36NO4.C27H27NO3.2BrH/c1-28(18-10-20-31-24-15-6-3-7-16-24)19-17-25(21-28)32-26(29)27(30,23-13-8-9-14-23)22-11-4-2-5-12-22;1-27(2,19-10-4-3-5-11-19)28-17-16-20(18-28)30-26(29)25-21-12-6-8-14-23(21)31-24-15-9-7-13-22(24)25;;/h2-7,11-12,15-16,23,25,30H,8-10,13-14,17-21H2,1H3;3-15,20,25H,16-18H2,1-2H3;2*1H/q+1;;;/p-1/t25-,27+,28?;20-;;/m01../s1. The normalized spacial score (nSPS) is 22.2. The highest BCUT2D eigenvalue weighted by Crippen LogP contribution is 2.45. The maximum Gasteiger partial charge on any atom is 0.343 e. The molecule has 1 saturated carbocycles. The summed E-state index contributed by atoms with van der Waals surface area (Å²) in [6.45, 7) is 9.76. The highest BCUT2D eigenvalue weighted by Gasteiger charge is 2.50. The number of likely N-dealkylation sites (N-methyl/N-ethyl adjacent to an activating group) is 1. The SMILES string of the molecule is CC(C)(c1ccccc1)[NH+]1CC[C@@H](OC(=O)C2c3ccccc3Oc3ccccc32)C1.C[N+]1(CCCOc2ccccc2)CC[C@H](OC(=O)[C@@](O)(c2ccccc2)C2CCCC2)C1.[Br-].[Br-]. The van der Waals surface area contributed by atoms with Gasteiger partial charge in [0.2, 0.25) is 0 Å². The number of nitrogens with zero attached hydrogens (tertiary/aromatic N) is 1. The van der Waals surface area contributed by atoms with E-state index in [1.807, 2.05) is 115 Å². The van der Waals surface area contributed by atoms with Crippen LogP contribution in [0.5, 0.6) is 17.2 Å². The van der Waals surface area contributed by atoms with E-state index in [-0.39, 0.29) is 63.6 Å². The average Bonchev–Trinajstić information content (AvgIpc) is 4.11. The summed E-state index contributed by atoms with van der Waals surface area (Å²) in [5.41, 5.74) is 2.14. The second kappa shape index (κ2) is 22.3. The van der Waals surface area contributed by atoms with Crippen molar-refractivity contribution in [3.8, 4) is 17.2 Å². The highest BCUT2D eigenvalue weighted by molar-refractivity contribution is 5.85. The first-order chi connectivity index (χ1) is 30.5. The number of carbonyl (C=O) groups is 2. The molecule has 0 bridgehead atoms. The zero-order chi connectivity index (χ0) is 43.9. The van der Waals surface area contributed by atoms with Crippen molar-refractivity contribution in [2.75, 3.05) is 46.4 Å². The van der Waals surface area contributed by atoms with E-state index in [1.54, 1.807) is 0 Å². The van der Waals surface area contributed by atoms with Crippen LogP contribution in [0.15, 0.2) is 140 Å². The van der Waals surface area contributed by atoms with Crippen LogP contribution in [0, 0.1) is 5.92 Å². The van der Waals surface area contributed by atoms with Crippen LogP contribution in [0.2, 0.25) is 0 Å². The number of hydrogen-bond donors (Lipinski definition) is 2. The number of halogens is 2. The number of carbonyl (C=O) groups excluding carboxylic acids is 2. The molecule has 0 radical (unpaired) electrons. The van der Waals surface area contributed by atoms with Gasteiger partial charge in [-0.2, -0.15) is 0 Å². The quantitative estimate of drug-likeness (QED) is 0.106. The summed E-state index contributed by atoms with van der Waals surface area (Å²) in [7, 11) is 2.22. The number of nitrogens with one attached hydrogen (secondary N) is 1. The second-order valence-electron chi connectivity index (χ2n) is 18.7. The number of esters is 2. The predicted octanol–water partition coefficient (Wildman–Crippen LogP) is 2.36. The van der Waals surface area contributed by atoms with E-state index in [1.165, 1.54) is 10.5 Å². The lowest BCUT2D eigenvalue weighted by molar-refractivity contribution is -0.946. The molecule has 9 rings (SSSR count). The zero-order valence-electron chi connectivity index (χ0n) is 37.9. The van der Waals surface area contributed by atoms with Crippen LogP contribution in [0.1, 0.15) is 87.0 Å². The lowest BCUT2D eigenvalue weighted by Gasteiger charge is -2.33. The zero-order valence-corrected chi connectivity index (χ0v) is 41.1. The van der Waals surface area contributed by atoms with E-state index < -0.39 is 17.5 Å². The molecule has 2 N–H and O–H groups in total. The number of para-hydroxylation sites is 3. The molecule has 5 aromatic rings. The molecule has 5 atom stereocenters. The van der Waals surface area contributed by atoms with Crippen LogP contribution in [-0.2, 0) is 30.2 Å². The maximum atomic E-state index is 13.4. The molecule has 3 aliphatic heterocycles. The number of quaternary nitrogens is 2. The summed E-state index contributed by atoms with van der Waals surface area (Å²) in [6, 6.07) is 45.3. The fourth-order valence-electron chi connectivity index (χ4n) is 10.3. The van der Waals surface area contributed by atoms with Gasteiger partial charge in [0.05, 0.1) is 33.3 Å². The molecule has 5 aromatic carbocycles. The largest absolute Gasteiger partial charge is 1.00 e. The number of benzene rings is 5. The molecule has 2 saturated heterocycles. The summed E-state index contributed by atoms with van der Waals surface area (Å²) in [5.74, 6) is 1.17. The molecule has 65 heavy (non-hydrogen) atoms. The molecule has 3 fully saturated rings. The van der Waals surface area contributed by atoms with Gasteiger partial charge in [-0.15, -0.1) is 0 Å². The van der Waals surface area contributed by atoms with Crippen molar-refractivity contribution >= 4 is 11.9 Å². The van der Waals surface area contributed by atoms with Crippen molar-refractivity contribution in [2.24, 2.45) is 5.92 Å². The maximum absolute atomic E-state index is 13.4. The Balaban J connectivity index is 0.000000209. The van der Waals surface area contributed by atoms with Crippen LogP contribution in [0.4, 0.5) is 0 Å². The Morgan fingerprint density at radius 3 is 1.88 bits per heavy atom. The third-order valence-electron chi connectivity index (χ3n) is 14.1. The fraction of sp³-hybridized carbons (Fsp3) is 0.407. The smallest absolute Gasteiger partial charge is 0.343 e. The van der Waals surface area contributed by atoms with Gasteiger partial charge in [0.15, 0.2) is 17.8 Å². The molecule has 11 heteroatoms. The molecule has 0 aromatic heterocycles. The molecular formula is C54H64Br2N2O7. The fourth-order valence-corrected chi connectivity index (χ4v) is 10.3. The Labute approximate surface area is 406 Å². The van der Waals surface area contributed by atoms with Crippen molar-refractivity contribution in [3.05, 3.63) is 162 Å². The summed E-state index contributed by atoms with van der Waals surface area (Å²) < 4.78 is 24.8. The molecule has 346 valence electrons. The monoisotopic (exact) mass is 1010 g/mol. The van der Waals surface area contributed by atoms with Crippen molar-refractivity contribution in [1.82, 2.24) is 0 Å². The van der Waals surface area contributed by atoms with Crippen molar-refractivity contribution in [2.45, 2.75) is 88.1 Å². The Morgan fingerprint density at radius 1 is 0.708 bits per heavy atom. The molecule has 1 aliphatic carbocycles. The third-order valence-corrected chi connectivity index (χ3v) is 14.1. The van der Waals surface area contributed by atoms with Gasteiger partial charge < -0.3 is 67.4 Å².